The van der Waals surface area contributed by atoms with Gasteiger partial charge in [-0.05, 0) is 13.8 Å². The molecule has 0 aliphatic rings. The van der Waals surface area contributed by atoms with Crippen LogP contribution in [0.15, 0.2) is 12.3 Å². The van der Waals surface area contributed by atoms with Gasteiger partial charge in [-0.3, -0.25) is 14.9 Å². The Morgan fingerprint density at radius 1 is 1.63 bits per heavy atom. The minimum atomic E-state index is -0.636. The summed E-state index contributed by atoms with van der Waals surface area (Å²) in [4.78, 5) is 25.1. The summed E-state index contributed by atoms with van der Waals surface area (Å²) < 4.78 is 0. The Labute approximate surface area is 109 Å². The summed E-state index contributed by atoms with van der Waals surface area (Å²) in [5.41, 5.74) is -0.250. The molecule has 1 amide bonds. The highest BCUT2D eigenvalue weighted by Crippen LogP contribution is 2.17. The van der Waals surface area contributed by atoms with E-state index in [9.17, 15) is 14.9 Å². The second-order valence-corrected chi connectivity index (χ2v) is 4.03. The van der Waals surface area contributed by atoms with Crippen LogP contribution in [-0.2, 0) is 4.79 Å². The number of carbonyl (C=O) groups is 1. The summed E-state index contributed by atoms with van der Waals surface area (Å²) in [5, 5.41) is 24.7. The summed E-state index contributed by atoms with van der Waals surface area (Å²) in [6, 6.07) is 2.91. The van der Waals surface area contributed by atoms with E-state index >= 15 is 0 Å². The molecule has 19 heavy (non-hydrogen) atoms. The molecule has 0 aromatic carbocycles. The van der Waals surface area contributed by atoms with E-state index in [-0.39, 0.29) is 35.6 Å². The van der Waals surface area contributed by atoms with Crippen LogP contribution in [0.5, 0.6) is 0 Å². The molecule has 0 unspecified atom stereocenters. The van der Waals surface area contributed by atoms with Crippen LogP contribution in [0.2, 0.25) is 0 Å². The van der Waals surface area contributed by atoms with Gasteiger partial charge in [-0.2, -0.15) is 5.26 Å². The normalized spacial score (nSPS) is 9.79. The Morgan fingerprint density at radius 3 is 2.84 bits per heavy atom. The van der Waals surface area contributed by atoms with Gasteiger partial charge >= 0.3 is 0 Å². The number of nitrogens with zero attached hydrogens (tertiary/aromatic N) is 3. The van der Waals surface area contributed by atoms with Gasteiger partial charge in [0.1, 0.15) is 23.6 Å². The van der Waals surface area contributed by atoms with E-state index in [4.69, 9.17) is 5.26 Å². The van der Waals surface area contributed by atoms with Gasteiger partial charge in [0.2, 0.25) is 5.91 Å². The van der Waals surface area contributed by atoms with Crippen LogP contribution < -0.4 is 10.6 Å². The van der Waals surface area contributed by atoms with E-state index in [2.05, 4.69) is 15.6 Å². The average molecular weight is 263 g/mol. The summed E-state index contributed by atoms with van der Waals surface area (Å²) in [5.74, 6) is -0.106. The molecule has 0 aliphatic carbocycles. The van der Waals surface area contributed by atoms with Gasteiger partial charge < -0.3 is 10.6 Å². The summed E-state index contributed by atoms with van der Waals surface area (Å²) in [6.07, 6.45) is 1.03. The van der Waals surface area contributed by atoms with Gasteiger partial charge in [-0.25, -0.2) is 4.98 Å². The molecule has 0 spiro atoms. The standard InChI is InChI=1S/C11H13N5O3/c1-7(2)15-10(17)6-14-11-8(4-12)3-9(5-13-11)16(18)19/h3,5,7H,6H2,1-2H3,(H,13,14)(H,15,17). The third-order valence-electron chi connectivity index (χ3n) is 2.07. The molecule has 0 aliphatic heterocycles. The number of nitriles is 1. The van der Waals surface area contributed by atoms with Crippen LogP contribution >= 0.6 is 0 Å². The maximum Gasteiger partial charge on any atom is 0.289 e. The lowest BCUT2D eigenvalue weighted by molar-refractivity contribution is -0.385. The number of hydrogen-bond donors (Lipinski definition) is 2. The van der Waals surface area contributed by atoms with E-state index in [1.54, 1.807) is 6.07 Å². The molecule has 2 N–H and O–H groups in total. The first-order valence-corrected chi connectivity index (χ1v) is 5.51. The van der Waals surface area contributed by atoms with E-state index in [0.717, 1.165) is 12.3 Å². The smallest absolute Gasteiger partial charge is 0.289 e. The van der Waals surface area contributed by atoms with Crippen molar-refractivity contribution in [3.8, 4) is 6.07 Å². The largest absolute Gasteiger partial charge is 0.360 e. The fourth-order valence-electron chi connectivity index (χ4n) is 1.32. The molecular weight excluding hydrogens is 250 g/mol. The van der Waals surface area contributed by atoms with Crippen molar-refractivity contribution in [3.05, 3.63) is 27.9 Å². The van der Waals surface area contributed by atoms with Crippen LogP contribution in [0.1, 0.15) is 19.4 Å². The Bertz CT molecular complexity index is 536. The zero-order valence-electron chi connectivity index (χ0n) is 10.5. The molecule has 0 saturated heterocycles. The first-order valence-electron chi connectivity index (χ1n) is 5.51. The number of hydrogen-bond acceptors (Lipinski definition) is 6. The quantitative estimate of drug-likeness (QED) is 0.598. The lowest BCUT2D eigenvalue weighted by Crippen LogP contribution is -2.35. The predicted molar refractivity (Wildman–Crippen MR) is 67.4 cm³/mol. The lowest BCUT2D eigenvalue weighted by atomic mass is 10.2. The summed E-state index contributed by atoms with van der Waals surface area (Å²) >= 11 is 0. The molecule has 0 radical (unpaired) electrons. The maximum atomic E-state index is 11.4. The fourth-order valence-corrected chi connectivity index (χ4v) is 1.32. The molecule has 1 aromatic rings. The highest BCUT2D eigenvalue weighted by Gasteiger charge is 2.12. The number of rotatable bonds is 5. The molecule has 0 bridgehead atoms. The maximum absolute atomic E-state index is 11.4. The molecule has 8 nitrogen and oxygen atoms in total. The van der Waals surface area contributed by atoms with Crippen molar-refractivity contribution >= 4 is 17.4 Å². The minimum absolute atomic E-state index is 0.00885. The van der Waals surface area contributed by atoms with Gasteiger partial charge in [0, 0.05) is 12.1 Å². The van der Waals surface area contributed by atoms with Crippen molar-refractivity contribution in [1.29, 1.82) is 5.26 Å². The van der Waals surface area contributed by atoms with E-state index < -0.39 is 4.92 Å². The van der Waals surface area contributed by atoms with Crippen LogP contribution in [0.25, 0.3) is 0 Å². The molecule has 1 heterocycles. The fraction of sp³-hybridized carbons (Fsp3) is 0.364. The van der Waals surface area contributed by atoms with Crippen molar-refractivity contribution in [2.45, 2.75) is 19.9 Å². The Kier molecular flexibility index (Phi) is 4.76. The predicted octanol–water partition coefficient (Wildman–Crippen LogP) is 0.798. The van der Waals surface area contributed by atoms with Gasteiger partial charge in [-0.15, -0.1) is 0 Å². The number of nitro groups is 1. The van der Waals surface area contributed by atoms with Crippen molar-refractivity contribution in [2.24, 2.45) is 0 Å². The highest BCUT2D eigenvalue weighted by molar-refractivity contribution is 5.81. The molecule has 8 heteroatoms. The molecule has 0 atom stereocenters. The van der Waals surface area contributed by atoms with Gasteiger partial charge in [0.05, 0.1) is 11.5 Å². The van der Waals surface area contributed by atoms with Crippen LogP contribution in [0.3, 0.4) is 0 Å². The van der Waals surface area contributed by atoms with Gasteiger partial charge in [0.15, 0.2) is 0 Å². The average Bonchev–Trinajstić information content (AvgIpc) is 2.35. The Hall–Kier alpha value is -2.69. The van der Waals surface area contributed by atoms with Crippen molar-refractivity contribution in [1.82, 2.24) is 10.3 Å². The zero-order valence-corrected chi connectivity index (χ0v) is 10.5. The molecule has 0 saturated carbocycles. The van der Waals surface area contributed by atoms with E-state index in [1.807, 2.05) is 13.8 Å². The number of aromatic nitrogens is 1. The molecule has 0 fully saturated rings. The Morgan fingerprint density at radius 2 is 2.32 bits per heavy atom. The lowest BCUT2D eigenvalue weighted by Gasteiger charge is -2.10. The Balaban J connectivity index is 2.77. The van der Waals surface area contributed by atoms with Crippen molar-refractivity contribution < 1.29 is 9.72 Å². The SMILES string of the molecule is CC(C)NC(=O)CNc1ncc([N+](=O)[O-])cc1C#N. The first-order chi connectivity index (χ1) is 8.93. The second kappa shape index (κ2) is 6.30. The highest BCUT2D eigenvalue weighted by atomic mass is 16.6. The summed E-state index contributed by atoms with van der Waals surface area (Å²) in [7, 11) is 0. The monoisotopic (exact) mass is 263 g/mol. The third-order valence-corrected chi connectivity index (χ3v) is 2.07. The van der Waals surface area contributed by atoms with Gasteiger partial charge in [0.25, 0.3) is 5.69 Å². The van der Waals surface area contributed by atoms with Crippen molar-refractivity contribution in [3.63, 3.8) is 0 Å². The third kappa shape index (κ3) is 4.23. The van der Waals surface area contributed by atoms with E-state index in [0.29, 0.717) is 0 Å². The second-order valence-electron chi connectivity index (χ2n) is 4.03. The van der Waals surface area contributed by atoms with Crippen LogP contribution in [-0.4, -0.2) is 28.4 Å². The van der Waals surface area contributed by atoms with Crippen molar-refractivity contribution in [2.75, 3.05) is 11.9 Å². The minimum Gasteiger partial charge on any atom is -0.360 e. The van der Waals surface area contributed by atoms with E-state index in [1.165, 1.54) is 0 Å². The number of carbonyl (C=O) groups excluding carboxylic acids is 1. The van der Waals surface area contributed by atoms with Crippen LogP contribution in [0.4, 0.5) is 11.5 Å². The number of pyridine rings is 1. The number of amides is 1. The first kappa shape index (κ1) is 14.4. The zero-order chi connectivity index (χ0) is 14.4. The molecule has 1 aromatic heterocycles. The molecular formula is C11H13N5O3. The number of anilines is 1. The topological polar surface area (TPSA) is 121 Å². The number of nitrogens with one attached hydrogen (secondary N) is 2. The summed E-state index contributed by atoms with van der Waals surface area (Å²) in [6.45, 7) is 3.59. The van der Waals surface area contributed by atoms with Crippen LogP contribution in [0, 0.1) is 21.4 Å². The molecule has 100 valence electrons. The molecule has 1 rings (SSSR count). The van der Waals surface area contributed by atoms with Gasteiger partial charge in [-0.1, -0.05) is 0 Å².